The molecule has 3 aromatic rings. The first-order valence-corrected chi connectivity index (χ1v) is 11.2. The van der Waals surface area contributed by atoms with E-state index in [4.69, 9.17) is 4.42 Å². The number of hydrogen-bond acceptors (Lipinski definition) is 6. The summed E-state index contributed by atoms with van der Waals surface area (Å²) in [6, 6.07) is 8.44. The number of nitrogens with zero attached hydrogens (tertiary/aromatic N) is 5. The van der Waals surface area contributed by atoms with Gasteiger partial charge in [0.25, 0.3) is 5.91 Å². The fourth-order valence-electron chi connectivity index (χ4n) is 3.51. The van der Waals surface area contributed by atoms with Gasteiger partial charge in [-0.05, 0) is 69.5 Å². The molecule has 0 saturated carbocycles. The first-order valence-electron chi connectivity index (χ1n) is 11.2. The van der Waals surface area contributed by atoms with Crippen LogP contribution in [0.4, 0.5) is 10.1 Å². The SMILES string of the molecule is Cc1ccc(-c2nnn(CC(=O)N(c3ccccc3F)[C@@H](CC(C)C)C(=O)NC(C)(C)C)n2)o1. The lowest BCUT2D eigenvalue weighted by Crippen LogP contribution is -2.55. The van der Waals surface area contributed by atoms with Crippen molar-refractivity contribution in [2.75, 3.05) is 4.90 Å². The van der Waals surface area contributed by atoms with Crippen LogP contribution >= 0.6 is 0 Å². The Morgan fingerprint density at radius 1 is 1.18 bits per heavy atom. The second-order valence-electron chi connectivity index (χ2n) is 9.65. The molecule has 1 N–H and O–H groups in total. The van der Waals surface area contributed by atoms with E-state index in [1.807, 2.05) is 34.6 Å². The van der Waals surface area contributed by atoms with Gasteiger partial charge in [0, 0.05) is 5.54 Å². The third-order valence-electron chi connectivity index (χ3n) is 4.88. The van der Waals surface area contributed by atoms with E-state index in [9.17, 15) is 14.0 Å². The average Bonchev–Trinajstić information content (AvgIpc) is 3.36. The maximum absolute atomic E-state index is 14.9. The lowest BCUT2D eigenvalue weighted by atomic mass is 9.99. The number of furan rings is 1. The zero-order valence-electron chi connectivity index (χ0n) is 20.4. The zero-order valence-corrected chi connectivity index (χ0v) is 20.4. The number of aryl methyl sites for hydroxylation is 1. The van der Waals surface area contributed by atoms with E-state index in [0.717, 1.165) is 4.80 Å². The molecule has 182 valence electrons. The summed E-state index contributed by atoms with van der Waals surface area (Å²) in [6.07, 6.45) is 0.337. The minimum absolute atomic E-state index is 0.0178. The highest BCUT2D eigenvalue weighted by Gasteiger charge is 2.35. The summed E-state index contributed by atoms with van der Waals surface area (Å²) < 4.78 is 20.4. The van der Waals surface area contributed by atoms with Gasteiger partial charge >= 0.3 is 0 Å². The van der Waals surface area contributed by atoms with Crippen molar-refractivity contribution in [2.45, 2.75) is 66.1 Å². The molecule has 0 fully saturated rings. The van der Waals surface area contributed by atoms with Crippen LogP contribution in [0.3, 0.4) is 0 Å². The molecule has 3 rings (SSSR count). The van der Waals surface area contributed by atoms with Crippen LogP contribution in [0.25, 0.3) is 11.6 Å². The largest absolute Gasteiger partial charge is 0.458 e. The van der Waals surface area contributed by atoms with Gasteiger partial charge in [0.15, 0.2) is 5.76 Å². The molecule has 0 aliphatic heterocycles. The lowest BCUT2D eigenvalue weighted by molar-refractivity contribution is -0.128. The molecular formula is C24H31FN6O3. The van der Waals surface area contributed by atoms with Crippen LogP contribution in [0.1, 0.15) is 46.8 Å². The molecule has 10 heteroatoms. The third kappa shape index (κ3) is 6.27. The van der Waals surface area contributed by atoms with E-state index in [0.29, 0.717) is 17.9 Å². The predicted octanol–water partition coefficient (Wildman–Crippen LogP) is 3.74. The van der Waals surface area contributed by atoms with E-state index in [-0.39, 0.29) is 29.9 Å². The zero-order chi connectivity index (χ0) is 25.0. The molecule has 0 aliphatic carbocycles. The number of nitrogens with one attached hydrogen (secondary N) is 1. The molecule has 2 heterocycles. The summed E-state index contributed by atoms with van der Waals surface area (Å²) in [5.74, 6) is -0.112. The van der Waals surface area contributed by atoms with E-state index in [1.54, 1.807) is 25.1 Å². The van der Waals surface area contributed by atoms with E-state index >= 15 is 0 Å². The van der Waals surface area contributed by atoms with Gasteiger partial charge in [0.2, 0.25) is 11.7 Å². The number of amides is 2. The summed E-state index contributed by atoms with van der Waals surface area (Å²) >= 11 is 0. The van der Waals surface area contributed by atoms with Crippen molar-refractivity contribution in [3.05, 3.63) is 48.0 Å². The van der Waals surface area contributed by atoms with Crippen LogP contribution in [0.5, 0.6) is 0 Å². The third-order valence-corrected chi connectivity index (χ3v) is 4.88. The number of para-hydroxylation sites is 1. The quantitative estimate of drug-likeness (QED) is 0.538. The number of benzene rings is 1. The fraction of sp³-hybridized carbons (Fsp3) is 0.458. The highest BCUT2D eigenvalue weighted by atomic mass is 19.1. The summed E-state index contributed by atoms with van der Waals surface area (Å²) in [5, 5.41) is 15.0. The van der Waals surface area contributed by atoms with Gasteiger partial charge in [0.05, 0.1) is 5.69 Å². The molecule has 2 aromatic heterocycles. The number of anilines is 1. The Kier molecular flexibility index (Phi) is 7.48. The van der Waals surface area contributed by atoms with Crippen LogP contribution in [0, 0.1) is 18.7 Å². The molecular weight excluding hydrogens is 439 g/mol. The normalized spacial score (nSPS) is 12.6. The Bertz CT molecular complexity index is 1150. The monoisotopic (exact) mass is 470 g/mol. The minimum Gasteiger partial charge on any atom is -0.458 e. The van der Waals surface area contributed by atoms with Crippen LogP contribution in [-0.4, -0.2) is 43.6 Å². The van der Waals surface area contributed by atoms with Gasteiger partial charge in [-0.15, -0.1) is 10.2 Å². The topological polar surface area (TPSA) is 106 Å². The molecule has 0 radical (unpaired) electrons. The van der Waals surface area contributed by atoms with E-state index in [2.05, 4.69) is 20.7 Å². The number of tetrazole rings is 1. The number of aromatic nitrogens is 4. The summed E-state index contributed by atoms with van der Waals surface area (Å²) in [6.45, 7) is 10.9. The smallest absolute Gasteiger partial charge is 0.251 e. The van der Waals surface area contributed by atoms with Gasteiger partial charge in [-0.1, -0.05) is 26.0 Å². The van der Waals surface area contributed by atoms with Crippen molar-refractivity contribution in [3.63, 3.8) is 0 Å². The van der Waals surface area contributed by atoms with Gasteiger partial charge < -0.3 is 9.73 Å². The Morgan fingerprint density at radius 3 is 2.47 bits per heavy atom. The van der Waals surface area contributed by atoms with Crippen LogP contribution in [0.15, 0.2) is 40.8 Å². The average molecular weight is 471 g/mol. The molecule has 2 amide bonds. The van der Waals surface area contributed by atoms with Crippen molar-refractivity contribution in [2.24, 2.45) is 5.92 Å². The predicted molar refractivity (Wildman–Crippen MR) is 125 cm³/mol. The Labute approximate surface area is 198 Å². The Balaban J connectivity index is 1.96. The summed E-state index contributed by atoms with van der Waals surface area (Å²) in [4.78, 5) is 29.1. The van der Waals surface area contributed by atoms with E-state index < -0.39 is 23.3 Å². The second kappa shape index (κ2) is 10.1. The number of hydrogen-bond donors (Lipinski definition) is 1. The van der Waals surface area contributed by atoms with Gasteiger partial charge in [0.1, 0.15) is 24.2 Å². The molecule has 1 aromatic carbocycles. The highest BCUT2D eigenvalue weighted by Crippen LogP contribution is 2.26. The van der Waals surface area contributed by atoms with Gasteiger partial charge in [-0.2, -0.15) is 4.80 Å². The number of rotatable bonds is 8. The van der Waals surface area contributed by atoms with Crippen molar-refractivity contribution in [1.29, 1.82) is 0 Å². The van der Waals surface area contributed by atoms with Crippen LogP contribution in [-0.2, 0) is 16.1 Å². The number of carbonyl (C=O) groups excluding carboxylic acids is 2. The van der Waals surface area contributed by atoms with E-state index in [1.165, 1.54) is 23.1 Å². The molecule has 1 atom stereocenters. The Hall–Kier alpha value is -3.56. The molecule has 0 aliphatic rings. The standard InChI is InChI=1S/C24H31FN6O3/c1-15(2)13-19(23(33)26-24(4,5)6)31(18-10-8-7-9-17(18)25)21(32)14-30-28-22(27-29-30)20-12-11-16(3)34-20/h7-12,15,19H,13-14H2,1-6H3,(H,26,33)/t19-/m0/s1. The van der Waals surface area contributed by atoms with Crippen LogP contribution in [0.2, 0.25) is 0 Å². The lowest BCUT2D eigenvalue weighted by Gasteiger charge is -2.34. The van der Waals surface area contributed by atoms with Crippen molar-refractivity contribution >= 4 is 17.5 Å². The summed E-state index contributed by atoms with van der Waals surface area (Å²) in [7, 11) is 0. The molecule has 0 bridgehead atoms. The van der Waals surface area contributed by atoms with Gasteiger partial charge in [-0.3, -0.25) is 14.5 Å². The van der Waals surface area contributed by atoms with Crippen molar-refractivity contribution in [1.82, 2.24) is 25.5 Å². The summed E-state index contributed by atoms with van der Waals surface area (Å²) in [5.41, 5.74) is -0.510. The maximum Gasteiger partial charge on any atom is 0.251 e. The minimum atomic E-state index is -0.931. The van der Waals surface area contributed by atoms with Crippen molar-refractivity contribution in [3.8, 4) is 11.6 Å². The number of carbonyl (C=O) groups is 2. The highest BCUT2D eigenvalue weighted by molar-refractivity contribution is 6.00. The molecule has 34 heavy (non-hydrogen) atoms. The first kappa shape index (κ1) is 25.1. The molecule has 0 unspecified atom stereocenters. The molecule has 0 spiro atoms. The maximum atomic E-state index is 14.9. The second-order valence-corrected chi connectivity index (χ2v) is 9.65. The number of halogens is 1. The first-order chi connectivity index (χ1) is 15.9. The fourth-order valence-corrected chi connectivity index (χ4v) is 3.51. The molecule has 0 saturated heterocycles. The molecule has 9 nitrogen and oxygen atoms in total. The van der Waals surface area contributed by atoms with Crippen molar-refractivity contribution < 1.29 is 18.4 Å². The van der Waals surface area contributed by atoms with Crippen LogP contribution < -0.4 is 10.2 Å². The Morgan fingerprint density at radius 2 is 1.88 bits per heavy atom. The van der Waals surface area contributed by atoms with Gasteiger partial charge in [-0.25, -0.2) is 4.39 Å².